The second kappa shape index (κ2) is 6.70. The summed E-state index contributed by atoms with van der Waals surface area (Å²) in [5, 5.41) is 0. The van der Waals surface area contributed by atoms with E-state index in [4.69, 9.17) is 5.73 Å². The Hall–Kier alpha value is -0.900. The van der Waals surface area contributed by atoms with E-state index >= 15 is 0 Å². The van der Waals surface area contributed by atoms with Gasteiger partial charge < -0.3 is 10.6 Å². The highest BCUT2D eigenvalue weighted by Crippen LogP contribution is 2.30. The van der Waals surface area contributed by atoms with Gasteiger partial charge in [-0.1, -0.05) is 30.3 Å². The monoisotopic (exact) mass is 275 g/mol. The molecule has 1 heterocycles. The summed E-state index contributed by atoms with van der Waals surface area (Å²) in [5.74, 6) is 0. The molecule has 0 saturated carbocycles. The van der Waals surface area contributed by atoms with Crippen molar-refractivity contribution < 1.29 is 0 Å². The lowest BCUT2D eigenvalue weighted by atomic mass is 9.82. The molecule has 2 N–H and O–H groups in total. The van der Waals surface area contributed by atoms with Gasteiger partial charge in [0.05, 0.1) is 0 Å². The standard InChI is InChI=1S/C17H29N3/c1-15-13-17(14-18,10-12-19(15)2)20(3)11-9-16-7-5-4-6-8-16/h4-8,15H,9-14,18H2,1-3H3. The van der Waals surface area contributed by atoms with Gasteiger partial charge in [0.15, 0.2) is 0 Å². The number of rotatable bonds is 5. The van der Waals surface area contributed by atoms with Gasteiger partial charge in [-0.3, -0.25) is 4.90 Å². The number of likely N-dealkylation sites (tertiary alicyclic amines) is 1. The maximum Gasteiger partial charge on any atom is 0.0355 e. The minimum atomic E-state index is 0.181. The van der Waals surface area contributed by atoms with E-state index in [1.807, 2.05) is 0 Å². The molecule has 0 spiro atoms. The molecule has 1 fully saturated rings. The average Bonchev–Trinajstić information content (AvgIpc) is 2.49. The first-order valence-electron chi connectivity index (χ1n) is 7.73. The first kappa shape index (κ1) is 15.5. The van der Waals surface area contributed by atoms with Crippen LogP contribution in [0.5, 0.6) is 0 Å². The fraction of sp³-hybridized carbons (Fsp3) is 0.647. The number of benzene rings is 1. The summed E-state index contributed by atoms with van der Waals surface area (Å²) in [6.07, 6.45) is 3.45. The van der Waals surface area contributed by atoms with Crippen molar-refractivity contribution in [3.8, 4) is 0 Å². The molecule has 1 aromatic rings. The van der Waals surface area contributed by atoms with Gasteiger partial charge >= 0.3 is 0 Å². The minimum Gasteiger partial charge on any atom is -0.329 e. The Morgan fingerprint density at radius 3 is 2.65 bits per heavy atom. The van der Waals surface area contributed by atoms with Gasteiger partial charge in [0.1, 0.15) is 0 Å². The summed E-state index contributed by atoms with van der Waals surface area (Å²) in [6.45, 7) is 5.30. The first-order chi connectivity index (χ1) is 9.57. The maximum absolute atomic E-state index is 6.16. The van der Waals surface area contributed by atoms with Crippen LogP contribution in [0, 0.1) is 0 Å². The van der Waals surface area contributed by atoms with Crippen LogP contribution in [0.4, 0.5) is 0 Å². The molecule has 2 rings (SSSR count). The molecule has 0 radical (unpaired) electrons. The zero-order chi connectivity index (χ0) is 14.6. The molecule has 3 heteroatoms. The van der Waals surface area contributed by atoms with Crippen molar-refractivity contribution in [2.45, 2.75) is 37.8 Å². The lowest BCUT2D eigenvalue weighted by Gasteiger charge is -2.49. The summed E-state index contributed by atoms with van der Waals surface area (Å²) < 4.78 is 0. The van der Waals surface area contributed by atoms with Gasteiger partial charge in [-0.25, -0.2) is 0 Å². The Morgan fingerprint density at radius 2 is 2.05 bits per heavy atom. The highest BCUT2D eigenvalue weighted by Gasteiger charge is 2.38. The third-order valence-electron chi connectivity index (χ3n) is 5.13. The van der Waals surface area contributed by atoms with E-state index in [9.17, 15) is 0 Å². The van der Waals surface area contributed by atoms with Gasteiger partial charge in [-0.05, 0) is 52.4 Å². The number of piperidine rings is 1. The average molecular weight is 275 g/mol. The summed E-state index contributed by atoms with van der Waals surface area (Å²) in [6, 6.07) is 11.3. The van der Waals surface area contributed by atoms with Gasteiger partial charge in [-0.15, -0.1) is 0 Å². The summed E-state index contributed by atoms with van der Waals surface area (Å²) >= 11 is 0. The smallest absolute Gasteiger partial charge is 0.0355 e. The van der Waals surface area contributed by atoms with E-state index in [0.717, 1.165) is 26.1 Å². The van der Waals surface area contributed by atoms with E-state index in [2.05, 4.69) is 61.2 Å². The molecule has 1 aliphatic rings. The zero-order valence-corrected chi connectivity index (χ0v) is 13.2. The van der Waals surface area contributed by atoms with Crippen molar-refractivity contribution >= 4 is 0 Å². The van der Waals surface area contributed by atoms with Crippen LogP contribution < -0.4 is 5.73 Å². The highest BCUT2D eigenvalue weighted by atomic mass is 15.2. The molecule has 0 amide bonds. The van der Waals surface area contributed by atoms with E-state index in [-0.39, 0.29) is 5.54 Å². The molecule has 0 aliphatic carbocycles. The van der Waals surface area contributed by atoms with E-state index < -0.39 is 0 Å². The second-order valence-electron chi connectivity index (χ2n) is 6.37. The zero-order valence-electron chi connectivity index (χ0n) is 13.2. The first-order valence-corrected chi connectivity index (χ1v) is 7.73. The van der Waals surface area contributed by atoms with Crippen LogP contribution in [0.2, 0.25) is 0 Å². The molecule has 0 aromatic heterocycles. The largest absolute Gasteiger partial charge is 0.329 e. The predicted octanol–water partition coefficient (Wildman–Crippen LogP) is 1.97. The van der Waals surface area contributed by atoms with Gasteiger partial charge in [0, 0.05) is 24.7 Å². The number of nitrogens with zero attached hydrogens (tertiary/aromatic N) is 2. The lowest BCUT2D eigenvalue weighted by molar-refractivity contribution is 0.0276. The predicted molar refractivity (Wildman–Crippen MR) is 85.9 cm³/mol. The molecule has 2 unspecified atom stereocenters. The second-order valence-corrected chi connectivity index (χ2v) is 6.37. The van der Waals surface area contributed by atoms with Crippen LogP contribution in [0.3, 0.4) is 0 Å². The fourth-order valence-corrected chi connectivity index (χ4v) is 3.28. The quantitative estimate of drug-likeness (QED) is 0.892. The van der Waals surface area contributed by atoms with Crippen molar-refractivity contribution in [1.29, 1.82) is 0 Å². The van der Waals surface area contributed by atoms with Gasteiger partial charge in [-0.2, -0.15) is 0 Å². The molecule has 20 heavy (non-hydrogen) atoms. The number of nitrogens with two attached hydrogens (primary N) is 1. The van der Waals surface area contributed by atoms with Crippen molar-refractivity contribution in [1.82, 2.24) is 9.80 Å². The highest BCUT2D eigenvalue weighted by molar-refractivity contribution is 5.15. The molecular formula is C17H29N3. The topological polar surface area (TPSA) is 32.5 Å². The Kier molecular flexibility index (Phi) is 5.19. The number of hydrogen-bond donors (Lipinski definition) is 1. The fourth-order valence-electron chi connectivity index (χ4n) is 3.28. The van der Waals surface area contributed by atoms with Crippen LogP contribution in [0.25, 0.3) is 0 Å². The van der Waals surface area contributed by atoms with Crippen LogP contribution in [-0.2, 0) is 6.42 Å². The van der Waals surface area contributed by atoms with Crippen LogP contribution in [-0.4, -0.2) is 55.1 Å². The van der Waals surface area contributed by atoms with Crippen LogP contribution >= 0.6 is 0 Å². The van der Waals surface area contributed by atoms with Gasteiger partial charge in [0.25, 0.3) is 0 Å². The Morgan fingerprint density at radius 1 is 1.35 bits per heavy atom. The van der Waals surface area contributed by atoms with Crippen molar-refractivity contribution in [2.24, 2.45) is 5.73 Å². The number of hydrogen-bond acceptors (Lipinski definition) is 3. The minimum absolute atomic E-state index is 0.181. The lowest BCUT2D eigenvalue weighted by Crippen LogP contribution is -2.60. The Bertz CT molecular complexity index is 406. The molecule has 3 nitrogen and oxygen atoms in total. The molecule has 1 aliphatic heterocycles. The van der Waals surface area contributed by atoms with E-state index in [1.165, 1.54) is 18.4 Å². The Labute approximate surface area is 123 Å². The molecule has 112 valence electrons. The summed E-state index contributed by atoms with van der Waals surface area (Å²) in [5.41, 5.74) is 7.75. The molecule has 0 bridgehead atoms. The summed E-state index contributed by atoms with van der Waals surface area (Å²) in [7, 11) is 4.46. The van der Waals surface area contributed by atoms with Crippen molar-refractivity contribution in [2.75, 3.05) is 33.7 Å². The maximum atomic E-state index is 6.16. The van der Waals surface area contributed by atoms with Crippen molar-refractivity contribution in [3.05, 3.63) is 35.9 Å². The molecule has 2 atom stereocenters. The summed E-state index contributed by atoms with van der Waals surface area (Å²) in [4.78, 5) is 4.95. The third kappa shape index (κ3) is 3.40. The Balaban J connectivity index is 1.97. The normalized spacial score (nSPS) is 27.9. The van der Waals surface area contributed by atoms with E-state index in [0.29, 0.717) is 6.04 Å². The van der Waals surface area contributed by atoms with Crippen LogP contribution in [0.1, 0.15) is 25.3 Å². The van der Waals surface area contributed by atoms with E-state index in [1.54, 1.807) is 0 Å². The van der Waals surface area contributed by atoms with Gasteiger partial charge in [0.2, 0.25) is 0 Å². The number of likely N-dealkylation sites (N-methyl/N-ethyl adjacent to an activating group) is 1. The molecule has 1 aromatic carbocycles. The van der Waals surface area contributed by atoms with Crippen LogP contribution in [0.15, 0.2) is 30.3 Å². The van der Waals surface area contributed by atoms with Crippen molar-refractivity contribution in [3.63, 3.8) is 0 Å². The third-order valence-corrected chi connectivity index (χ3v) is 5.13. The molecular weight excluding hydrogens is 246 g/mol. The SMILES string of the molecule is CC1CC(CN)(N(C)CCc2ccccc2)CCN1C. The molecule has 1 saturated heterocycles.